The SMILES string of the molecule is CC[C@@H]1CCC1C. The molecule has 0 aromatic rings. The molecule has 1 saturated carbocycles. The Morgan fingerprint density at radius 1 is 1.43 bits per heavy atom. The van der Waals surface area contributed by atoms with E-state index in [0.717, 1.165) is 11.8 Å². The van der Waals surface area contributed by atoms with Crippen LogP contribution in [0.4, 0.5) is 0 Å². The summed E-state index contributed by atoms with van der Waals surface area (Å²) < 4.78 is 0. The average Bonchev–Trinajstić information content (AvgIpc) is 1.65. The molecule has 0 N–H and O–H groups in total. The van der Waals surface area contributed by atoms with Crippen LogP contribution in [0.15, 0.2) is 0 Å². The molecule has 7 heavy (non-hydrogen) atoms. The van der Waals surface area contributed by atoms with Crippen LogP contribution in [-0.2, 0) is 0 Å². The van der Waals surface area contributed by atoms with E-state index in [0.29, 0.717) is 0 Å². The van der Waals surface area contributed by atoms with Crippen LogP contribution in [0.1, 0.15) is 33.1 Å². The third-order valence-electron chi connectivity index (χ3n) is 2.32. The summed E-state index contributed by atoms with van der Waals surface area (Å²) in [6.45, 7) is 4.65. The Bertz CT molecular complexity index is 55.1. The van der Waals surface area contributed by atoms with E-state index in [-0.39, 0.29) is 0 Å². The Morgan fingerprint density at radius 3 is 2.14 bits per heavy atom. The minimum absolute atomic E-state index is 1.05. The standard InChI is InChI=1S/C7H14/c1-3-7-5-4-6(7)2/h6-7H,3-5H2,1-2H3/t6?,7-/m1/s1. The molecule has 1 aliphatic rings. The Balaban J connectivity index is 2.16. The molecule has 0 heteroatoms. The zero-order valence-electron chi connectivity index (χ0n) is 5.28. The molecule has 42 valence electrons. The first-order valence-electron chi connectivity index (χ1n) is 3.34. The van der Waals surface area contributed by atoms with Crippen LogP contribution in [0.2, 0.25) is 0 Å². The molecule has 0 radical (unpaired) electrons. The van der Waals surface area contributed by atoms with Crippen LogP contribution in [-0.4, -0.2) is 0 Å². The largest absolute Gasteiger partial charge is 0.0651 e. The molecule has 0 aromatic carbocycles. The van der Waals surface area contributed by atoms with Gasteiger partial charge in [0.05, 0.1) is 0 Å². The molecule has 0 aromatic heterocycles. The monoisotopic (exact) mass is 98.1 g/mol. The van der Waals surface area contributed by atoms with Crippen LogP contribution in [0, 0.1) is 11.8 Å². The van der Waals surface area contributed by atoms with Crippen molar-refractivity contribution >= 4 is 0 Å². The average molecular weight is 98.2 g/mol. The Hall–Kier alpha value is 0. The summed E-state index contributed by atoms with van der Waals surface area (Å²) in [5.74, 6) is 2.13. The maximum Gasteiger partial charge on any atom is -0.0391 e. The lowest BCUT2D eigenvalue weighted by molar-refractivity contribution is 0.190. The van der Waals surface area contributed by atoms with Crippen LogP contribution in [0.25, 0.3) is 0 Å². The van der Waals surface area contributed by atoms with E-state index in [1.807, 2.05) is 0 Å². The maximum atomic E-state index is 2.36. The van der Waals surface area contributed by atoms with Crippen molar-refractivity contribution in [1.29, 1.82) is 0 Å². The second kappa shape index (κ2) is 1.85. The molecule has 0 nitrogen and oxygen atoms in total. The zero-order valence-corrected chi connectivity index (χ0v) is 5.28. The van der Waals surface area contributed by atoms with Crippen molar-refractivity contribution in [3.05, 3.63) is 0 Å². The molecule has 0 aliphatic heterocycles. The normalized spacial score (nSPS) is 40.3. The van der Waals surface area contributed by atoms with Crippen molar-refractivity contribution < 1.29 is 0 Å². The first-order chi connectivity index (χ1) is 3.34. The van der Waals surface area contributed by atoms with Gasteiger partial charge in [0.15, 0.2) is 0 Å². The summed E-state index contributed by atoms with van der Waals surface area (Å²) in [5, 5.41) is 0. The second-order valence-corrected chi connectivity index (χ2v) is 2.72. The zero-order chi connectivity index (χ0) is 5.28. The van der Waals surface area contributed by atoms with E-state index in [1.165, 1.54) is 19.3 Å². The quantitative estimate of drug-likeness (QED) is 0.472. The minimum atomic E-state index is 1.05. The van der Waals surface area contributed by atoms with E-state index >= 15 is 0 Å². The second-order valence-electron chi connectivity index (χ2n) is 2.72. The van der Waals surface area contributed by atoms with Crippen molar-refractivity contribution in [3.8, 4) is 0 Å². The Labute approximate surface area is 45.9 Å². The first-order valence-corrected chi connectivity index (χ1v) is 3.34. The number of rotatable bonds is 1. The van der Waals surface area contributed by atoms with E-state index in [9.17, 15) is 0 Å². The predicted molar refractivity (Wildman–Crippen MR) is 32.2 cm³/mol. The molecule has 0 bridgehead atoms. The van der Waals surface area contributed by atoms with E-state index in [1.54, 1.807) is 0 Å². The molecule has 0 heterocycles. The van der Waals surface area contributed by atoms with E-state index < -0.39 is 0 Å². The molecule has 0 saturated heterocycles. The topological polar surface area (TPSA) is 0 Å². The van der Waals surface area contributed by atoms with Gasteiger partial charge in [-0.25, -0.2) is 0 Å². The van der Waals surface area contributed by atoms with Gasteiger partial charge in [0, 0.05) is 0 Å². The van der Waals surface area contributed by atoms with Crippen LogP contribution < -0.4 is 0 Å². The molecule has 1 aliphatic carbocycles. The van der Waals surface area contributed by atoms with Gasteiger partial charge in [0.1, 0.15) is 0 Å². The van der Waals surface area contributed by atoms with Gasteiger partial charge >= 0.3 is 0 Å². The predicted octanol–water partition coefficient (Wildman–Crippen LogP) is 2.44. The molecular weight excluding hydrogens is 84.1 g/mol. The van der Waals surface area contributed by atoms with E-state index in [2.05, 4.69) is 13.8 Å². The van der Waals surface area contributed by atoms with Gasteiger partial charge in [-0.05, 0) is 18.3 Å². The molecule has 0 spiro atoms. The molecule has 2 atom stereocenters. The third-order valence-corrected chi connectivity index (χ3v) is 2.32. The summed E-state index contributed by atoms with van der Waals surface area (Å²) in [4.78, 5) is 0. The van der Waals surface area contributed by atoms with Gasteiger partial charge < -0.3 is 0 Å². The minimum Gasteiger partial charge on any atom is -0.0651 e. The van der Waals surface area contributed by atoms with E-state index in [4.69, 9.17) is 0 Å². The lowest BCUT2D eigenvalue weighted by atomic mass is 9.74. The Morgan fingerprint density at radius 2 is 2.14 bits per heavy atom. The van der Waals surface area contributed by atoms with Gasteiger partial charge in [0.2, 0.25) is 0 Å². The molecule has 1 unspecified atom stereocenters. The number of hydrogen-bond donors (Lipinski definition) is 0. The van der Waals surface area contributed by atoms with Crippen molar-refractivity contribution in [2.45, 2.75) is 33.1 Å². The van der Waals surface area contributed by atoms with Crippen LogP contribution >= 0.6 is 0 Å². The Kier molecular flexibility index (Phi) is 1.36. The summed E-state index contributed by atoms with van der Waals surface area (Å²) in [6, 6.07) is 0. The van der Waals surface area contributed by atoms with Crippen LogP contribution in [0.3, 0.4) is 0 Å². The van der Waals surface area contributed by atoms with Gasteiger partial charge in [-0.15, -0.1) is 0 Å². The molecule has 1 rings (SSSR count). The smallest absolute Gasteiger partial charge is 0.0391 e. The fraction of sp³-hybridized carbons (Fsp3) is 1.00. The summed E-state index contributed by atoms with van der Waals surface area (Å²) >= 11 is 0. The van der Waals surface area contributed by atoms with Crippen LogP contribution in [0.5, 0.6) is 0 Å². The van der Waals surface area contributed by atoms with Crippen molar-refractivity contribution in [1.82, 2.24) is 0 Å². The molecule has 1 fully saturated rings. The fourth-order valence-electron chi connectivity index (χ4n) is 1.34. The highest BCUT2D eigenvalue weighted by molar-refractivity contribution is 4.75. The molecule has 0 amide bonds. The van der Waals surface area contributed by atoms with Crippen molar-refractivity contribution in [3.63, 3.8) is 0 Å². The summed E-state index contributed by atoms with van der Waals surface area (Å²) in [6.07, 6.45) is 4.39. The van der Waals surface area contributed by atoms with Gasteiger partial charge in [-0.2, -0.15) is 0 Å². The van der Waals surface area contributed by atoms with Crippen molar-refractivity contribution in [2.24, 2.45) is 11.8 Å². The highest BCUT2D eigenvalue weighted by atomic mass is 14.3. The third kappa shape index (κ3) is 0.793. The van der Waals surface area contributed by atoms with Gasteiger partial charge in [0.25, 0.3) is 0 Å². The first kappa shape index (κ1) is 5.14. The summed E-state index contributed by atoms with van der Waals surface area (Å²) in [7, 11) is 0. The molecular formula is C7H14. The lowest BCUT2D eigenvalue weighted by Gasteiger charge is -2.32. The van der Waals surface area contributed by atoms with Gasteiger partial charge in [-0.1, -0.05) is 26.7 Å². The lowest BCUT2D eigenvalue weighted by Crippen LogP contribution is -2.21. The fourth-order valence-corrected chi connectivity index (χ4v) is 1.34. The van der Waals surface area contributed by atoms with Gasteiger partial charge in [-0.3, -0.25) is 0 Å². The highest BCUT2D eigenvalue weighted by Crippen LogP contribution is 2.35. The van der Waals surface area contributed by atoms with Crippen molar-refractivity contribution in [2.75, 3.05) is 0 Å². The number of hydrogen-bond acceptors (Lipinski definition) is 0. The maximum absolute atomic E-state index is 2.36. The summed E-state index contributed by atoms with van der Waals surface area (Å²) in [5.41, 5.74) is 0. The highest BCUT2D eigenvalue weighted by Gasteiger charge is 2.23.